The normalized spacial score (nSPS) is 9.88. The quantitative estimate of drug-likeness (QED) is 0.607. The number of hydrogen-bond donors (Lipinski definition) is 1. The molecule has 0 aliphatic heterocycles. The van der Waals surface area contributed by atoms with E-state index in [1.807, 2.05) is 0 Å². The summed E-state index contributed by atoms with van der Waals surface area (Å²) in [6, 6.07) is 0. The van der Waals surface area contributed by atoms with E-state index in [4.69, 9.17) is 9.90 Å². The molecule has 0 spiro atoms. The van der Waals surface area contributed by atoms with Crippen LogP contribution in [0.3, 0.4) is 0 Å². The number of halogens is 3. The first kappa shape index (κ1) is 11.0. The van der Waals surface area contributed by atoms with Crippen molar-refractivity contribution >= 4 is 32.2 Å². The zero-order chi connectivity index (χ0) is 6.08. The molecule has 0 aromatic carbocycles. The van der Waals surface area contributed by atoms with Gasteiger partial charge in [-0.15, -0.1) is 0 Å². The number of alkyl halides is 3. The fourth-order valence-electron chi connectivity index (χ4n) is 0. The standard InChI is InChI=1S/C2HF3O2.Bi.3H/c3-2(4,5)1(6)7;;;;/h(H,6,7);;;;. The molecule has 0 radical (unpaired) electrons. The summed E-state index contributed by atoms with van der Waals surface area (Å²) in [5.41, 5.74) is 0. The van der Waals surface area contributed by atoms with Crippen LogP contribution in [0.5, 0.6) is 0 Å². The minimum absolute atomic E-state index is 0. The van der Waals surface area contributed by atoms with Crippen molar-refractivity contribution in [3.63, 3.8) is 0 Å². The molecule has 0 rings (SSSR count). The molecule has 0 saturated heterocycles. The van der Waals surface area contributed by atoms with Gasteiger partial charge in [-0.2, -0.15) is 13.2 Å². The van der Waals surface area contributed by atoms with Gasteiger partial charge in [0.15, 0.2) is 0 Å². The summed E-state index contributed by atoms with van der Waals surface area (Å²) in [7, 11) is 0. The third kappa shape index (κ3) is 4.31. The molecule has 0 aromatic rings. The van der Waals surface area contributed by atoms with Gasteiger partial charge in [-0.25, -0.2) is 4.79 Å². The van der Waals surface area contributed by atoms with Gasteiger partial charge < -0.3 is 5.11 Å². The Labute approximate surface area is 61.8 Å². The summed E-state index contributed by atoms with van der Waals surface area (Å²) < 4.78 is 31.7. The third-order valence-electron chi connectivity index (χ3n) is 0.243. The van der Waals surface area contributed by atoms with Crippen LogP contribution in [0, 0.1) is 0 Å². The number of carbonyl (C=O) groups is 1. The number of aliphatic carboxylic acids is 1. The van der Waals surface area contributed by atoms with E-state index in [1.54, 1.807) is 0 Å². The van der Waals surface area contributed by atoms with Gasteiger partial charge in [-0.1, -0.05) is 0 Å². The van der Waals surface area contributed by atoms with Crippen molar-refractivity contribution in [3.05, 3.63) is 0 Å². The average Bonchev–Trinajstić information content (AvgIpc) is 1.31. The third-order valence-corrected chi connectivity index (χ3v) is 0.243. The van der Waals surface area contributed by atoms with E-state index in [0.29, 0.717) is 0 Å². The Morgan fingerprint density at radius 3 is 1.50 bits per heavy atom. The van der Waals surface area contributed by atoms with Crippen LogP contribution in [0.15, 0.2) is 0 Å². The Bertz CT molecular complexity index is 87.8. The topological polar surface area (TPSA) is 37.3 Å². The van der Waals surface area contributed by atoms with Gasteiger partial charge in [0.05, 0.1) is 0 Å². The van der Waals surface area contributed by atoms with E-state index in [9.17, 15) is 13.2 Å². The number of carboxylic acid groups (broad SMARTS) is 1. The van der Waals surface area contributed by atoms with Crippen LogP contribution in [0.2, 0.25) is 0 Å². The summed E-state index contributed by atoms with van der Waals surface area (Å²) in [6.45, 7) is 0. The maximum atomic E-state index is 10.6. The van der Waals surface area contributed by atoms with Gasteiger partial charge in [-0.05, 0) is 0 Å². The van der Waals surface area contributed by atoms with E-state index < -0.39 is 12.1 Å². The van der Waals surface area contributed by atoms with E-state index in [-0.39, 0.29) is 26.2 Å². The second kappa shape index (κ2) is 3.22. The molecule has 0 atom stereocenters. The summed E-state index contributed by atoms with van der Waals surface area (Å²) >= 11 is 0. The van der Waals surface area contributed by atoms with Crippen molar-refractivity contribution in [2.75, 3.05) is 0 Å². The van der Waals surface area contributed by atoms with Crippen LogP contribution in [0.4, 0.5) is 13.2 Å². The van der Waals surface area contributed by atoms with Gasteiger partial charge >= 0.3 is 38.3 Å². The Morgan fingerprint density at radius 1 is 1.38 bits per heavy atom. The van der Waals surface area contributed by atoms with Crippen molar-refractivity contribution < 1.29 is 23.1 Å². The summed E-state index contributed by atoms with van der Waals surface area (Å²) in [5, 5.41) is 7.12. The van der Waals surface area contributed by atoms with Crippen LogP contribution >= 0.6 is 0 Å². The SMILES string of the molecule is O=C(O)C(F)(F)F.[BiH3]. The van der Waals surface area contributed by atoms with Gasteiger partial charge in [0, 0.05) is 0 Å². The van der Waals surface area contributed by atoms with Crippen LogP contribution in [-0.2, 0) is 4.79 Å². The summed E-state index contributed by atoms with van der Waals surface area (Å²) in [5.74, 6) is -2.76. The van der Waals surface area contributed by atoms with Crippen molar-refractivity contribution in [1.82, 2.24) is 0 Å². The molecule has 0 unspecified atom stereocenters. The second-order valence-electron chi connectivity index (χ2n) is 0.803. The molecule has 0 aliphatic carbocycles. The fraction of sp³-hybridized carbons (Fsp3) is 0.500. The molecule has 0 amide bonds. The summed E-state index contributed by atoms with van der Waals surface area (Å²) in [6.07, 6.45) is -5.08. The van der Waals surface area contributed by atoms with E-state index in [1.165, 1.54) is 0 Å². The van der Waals surface area contributed by atoms with Gasteiger partial charge in [0.25, 0.3) is 0 Å². The van der Waals surface area contributed by atoms with Crippen molar-refractivity contribution in [1.29, 1.82) is 0 Å². The van der Waals surface area contributed by atoms with E-state index in [2.05, 4.69) is 0 Å². The molecule has 0 fully saturated rings. The van der Waals surface area contributed by atoms with E-state index in [0.717, 1.165) is 0 Å². The number of hydrogen-bond acceptors (Lipinski definition) is 1. The molecule has 0 heterocycles. The average molecular weight is 326 g/mol. The molecule has 50 valence electrons. The molecule has 8 heavy (non-hydrogen) atoms. The molecule has 0 aliphatic rings. The van der Waals surface area contributed by atoms with E-state index >= 15 is 0 Å². The van der Waals surface area contributed by atoms with Crippen molar-refractivity contribution in [2.45, 2.75) is 6.18 Å². The maximum absolute atomic E-state index is 10.6. The number of carboxylic acids is 1. The predicted octanol–water partition coefficient (Wildman–Crippen LogP) is -0.551. The molecule has 1 N–H and O–H groups in total. The van der Waals surface area contributed by atoms with Crippen LogP contribution < -0.4 is 0 Å². The molecule has 0 saturated carbocycles. The Morgan fingerprint density at radius 2 is 1.50 bits per heavy atom. The van der Waals surface area contributed by atoms with Crippen LogP contribution in [0.1, 0.15) is 0 Å². The first-order valence-electron chi connectivity index (χ1n) is 1.24. The van der Waals surface area contributed by atoms with Crippen LogP contribution in [0.25, 0.3) is 0 Å². The first-order valence-corrected chi connectivity index (χ1v) is 1.24. The Balaban J connectivity index is 0. The molecule has 6 heteroatoms. The molecule has 0 bridgehead atoms. The second-order valence-corrected chi connectivity index (χ2v) is 0.803. The van der Waals surface area contributed by atoms with Crippen LogP contribution in [-0.4, -0.2) is 43.5 Å². The van der Waals surface area contributed by atoms with Crippen molar-refractivity contribution in [2.24, 2.45) is 0 Å². The monoisotopic (exact) mass is 326 g/mol. The molecule has 2 nitrogen and oxygen atoms in total. The zero-order valence-electron chi connectivity index (χ0n) is 3.70. The molecular weight excluding hydrogens is 322 g/mol. The van der Waals surface area contributed by atoms with Gasteiger partial charge in [0.2, 0.25) is 0 Å². The van der Waals surface area contributed by atoms with Crippen molar-refractivity contribution in [3.8, 4) is 0 Å². The first-order chi connectivity index (χ1) is 2.94. The number of rotatable bonds is 0. The fourth-order valence-corrected chi connectivity index (χ4v) is 0. The molecule has 0 aromatic heterocycles. The Hall–Kier alpha value is 0.143. The van der Waals surface area contributed by atoms with Gasteiger partial charge in [0.1, 0.15) is 0 Å². The Kier molecular flexibility index (Phi) is 4.44. The zero-order valence-corrected chi connectivity index (χ0v) is 9.19. The summed E-state index contributed by atoms with van der Waals surface area (Å²) in [4.78, 5) is 8.90. The minimum atomic E-state index is -5.08. The molecular formula is C2H4BiF3O2. The van der Waals surface area contributed by atoms with Gasteiger partial charge in [-0.3, -0.25) is 0 Å². The predicted molar refractivity (Wildman–Crippen MR) is 23.6 cm³/mol.